The molecule has 0 aliphatic heterocycles. The number of benzene rings is 3. The monoisotopic (exact) mass is 406 g/mol. The van der Waals surface area contributed by atoms with E-state index in [1.165, 1.54) is 0 Å². The summed E-state index contributed by atoms with van der Waals surface area (Å²) < 4.78 is 0. The number of fused-ring (bicyclic) bond motifs is 1. The average molecular weight is 407 g/mol. The molecule has 0 bridgehead atoms. The Morgan fingerprint density at radius 2 is 1.61 bits per heavy atom. The second-order valence-electron chi connectivity index (χ2n) is 6.49. The number of aryl methyl sites for hydroxylation is 1. The Morgan fingerprint density at radius 3 is 2.39 bits per heavy atom. The van der Waals surface area contributed by atoms with Gasteiger partial charge in [0.1, 0.15) is 0 Å². The van der Waals surface area contributed by atoms with E-state index in [1.54, 1.807) is 18.2 Å². The normalized spacial score (nSPS) is 10.8. The van der Waals surface area contributed by atoms with Gasteiger partial charge in [0.2, 0.25) is 0 Å². The van der Waals surface area contributed by atoms with E-state index in [0.29, 0.717) is 27.0 Å². The number of nitrogens with one attached hydrogen (secondary N) is 1. The Kier molecular flexibility index (Phi) is 5.03. The van der Waals surface area contributed by atoms with Gasteiger partial charge in [0.15, 0.2) is 0 Å². The molecule has 0 aliphatic carbocycles. The fraction of sp³-hybridized carbons (Fsp3) is 0.0435. The summed E-state index contributed by atoms with van der Waals surface area (Å²) in [7, 11) is 0. The van der Waals surface area contributed by atoms with E-state index >= 15 is 0 Å². The van der Waals surface area contributed by atoms with E-state index in [0.717, 1.165) is 22.0 Å². The number of rotatable bonds is 3. The van der Waals surface area contributed by atoms with Crippen molar-refractivity contribution in [3.8, 4) is 11.3 Å². The van der Waals surface area contributed by atoms with Crippen LogP contribution < -0.4 is 5.32 Å². The van der Waals surface area contributed by atoms with Crippen LogP contribution in [0, 0.1) is 6.92 Å². The molecule has 0 aliphatic rings. The fourth-order valence-corrected chi connectivity index (χ4v) is 3.35. The second-order valence-corrected chi connectivity index (χ2v) is 7.37. The van der Waals surface area contributed by atoms with Crippen molar-refractivity contribution < 1.29 is 4.79 Å². The SMILES string of the molecule is Cc1ccc(Cl)cc1NC(=O)c1cc(-c2ccc(Cl)cc2)nc2ccccc12. The molecule has 0 fully saturated rings. The lowest BCUT2D eigenvalue weighted by molar-refractivity contribution is 0.102. The number of para-hydroxylation sites is 1. The molecule has 3 nitrogen and oxygen atoms in total. The van der Waals surface area contributed by atoms with Crippen LogP contribution in [0.2, 0.25) is 10.0 Å². The van der Waals surface area contributed by atoms with Gasteiger partial charge in [0.05, 0.1) is 16.8 Å². The number of nitrogens with zero attached hydrogens (tertiary/aromatic N) is 1. The van der Waals surface area contributed by atoms with E-state index < -0.39 is 0 Å². The molecular weight excluding hydrogens is 391 g/mol. The number of aromatic nitrogens is 1. The third-order valence-corrected chi connectivity index (χ3v) is 5.04. The van der Waals surface area contributed by atoms with Gasteiger partial charge in [0.25, 0.3) is 5.91 Å². The molecule has 1 aromatic heterocycles. The molecule has 4 rings (SSSR count). The Bertz CT molecular complexity index is 1190. The van der Waals surface area contributed by atoms with Gasteiger partial charge >= 0.3 is 0 Å². The molecular formula is C23H16Cl2N2O. The summed E-state index contributed by atoms with van der Waals surface area (Å²) in [4.78, 5) is 17.8. The summed E-state index contributed by atoms with van der Waals surface area (Å²) in [5, 5.41) is 4.99. The number of halogens is 2. The van der Waals surface area contributed by atoms with Gasteiger partial charge in [-0.15, -0.1) is 0 Å². The van der Waals surface area contributed by atoms with E-state index in [-0.39, 0.29) is 5.91 Å². The first-order chi connectivity index (χ1) is 13.5. The fourth-order valence-electron chi connectivity index (χ4n) is 3.05. The number of amides is 1. The van der Waals surface area contributed by atoms with Gasteiger partial charge in [-0.05, 0) is 48.9 Å². The molecule has 138 valence electrons. The van der Waals surface area contributed by atoms with Crippen molar-refractivity contribution in [3.05, 3.63) is 94.0 Å². The number of carbonyl (C=O) groups is 1. The predicted octanol–water partition coefficient (Wildman–Crippen LogP) is 6.77. The average Bonchev–Trinajstić information content (AvgIpc) is 2.70. The molecule has 1 heterocycles. The van der Waals surface area contributed by atoms with Gasteiger partial charge in [0, 0.05) is 26.7 Å². The van der Waals surface area contributed by atoms with Crippen LogP contribution in [0.1, 0.15) is 15.9 Å². The summed E-state index contributed by atoms with van der Waals surface area (Å²) in [6, 6.07) is 22.2. The number of anilines is 1. The van der Waals surface area contributed by atoms with Crippen LogP contribution in [0.5, 0.6) is 0 Å². The third kappa shape index (κ3) is 3.72. The zero-order valence-corrected chi connectivity index (χ0v) is 16.6. The number of carbonyl (C=O) groups excluding carboxylic acids is 1. The smallest absolute Gasteiger partial charge is 0.256 e. The molecule has 5 heteroatoms. The lowest BCUT2D eigenvalue weighted by Crippen LogP contribution is -2.14. The van der Waals surface area contributed by atoms with Crippen LogP contribution in [0.25, 0.3) is 22.2 Å². The topological polar surface area (TPSA) is 42.0 Å². The largest absolute Gasteiger partial charge is 0.322 e. The molecule has 3 aromatic carbocycles. The van der Waals surface area contributed by atoms with Crippen molar-refractivity contribution in [2.45, 2.75) is 6.92 Å². The van der Waals surface area contributed by atoms with Crippen molar-refractivity contribution in [2.75, 3.05) is 5.32 Å². The first kappa shape index (κ1) is 18.5. The standard InChI is InChI=1S/C23H16Cl2N2O/c1-14-6-9-17(25)12-21(14)27-23(28)19-13-22(15-7-10-16(24)11-8-15)26-20-5-3-2-4-18(19)20/h2-13H,1H3,(H,27,28). The molecule has 1 amide bonds. The van der Waals surface area contributed by atoms with Crippen LogP contribution in [-0.4, -0.2) is 10.9 Å². The van der Waals surface area contributed by atoms with Crippen molar-refractivity contribution in [3.63, 3.8) is 0 Å². The molecule has 0 radical (unpaired) electrons. The van der Waals surface area contributed by atoms with E-state index in [2.05, 4.69) is 5.32 Å². The van der Waals surface area contributed by atoms with Gasteiger partial charge in [-0.3, -0.25) is 4.79 Å². The Balaban J connectivity index is 1.81. The van der Waals surface area contributed by atoms with Gasteiger partial charge < -0.3 is 5.32 Å². The second kappa shape index (κ2) is 7.63. The lowest BCUT2D eigenvalue weighted by Gasteiger charge is -2.12. The first-order valence-corrected chi connectivity index (χ1v) is 9.50. The van der Waals surface area contributed by atoms with E-state index in [4.69, 9.17) is 28.2 Å². The van der Waals surface area contributed by atoms with Crippen molar-refractivity contribution in [1.82, 2.24) is 4.98 Å². The number of hydrogen-bond acceptors (Lipinski definition) is 2. The maximum atomic E-state index is 13.1. The molecule has 0 unspecified atom stereocenters. The van der Waals surface area contributed by atoms with Gasteiger partial charge in [-0.2, -0.15) is 0 Å². The molecule has 0 saturated heterocycles. The Labute approximate surface area is 172 Å². The van der Waals surface area contributed by atoms with Crippen LogP contribution >= 0.6 is 23.2 Å². The van der Waals surface area contributed by atoms with Crippen LogP contribution in [0.15, 0.2) is 72.8 Å². The molecule has 1 N–H and O–H groups in total. The van der Waals surface area contributed by atoms with Crippen molar-refractivity contribution >= 4 is 45.7 Å². The Morgan fingerprint density at radius 1 is 0.893 bits per heavy atom. The summed E-state index contributed by atoms with van der Waals surface area (Å²) in [6.45, 7) is 1.93. The van der Waals surface area contributed by atoms with Gasteiger partial charge in [-0.1, -0.05) is 59.6 Å². The van der Waals surface area contributed by atoms with E-state index in [1.807, 2.05) is 61.5 Å². The number of hydrogen-bond donors (Lipinski definition) is 1. The molecule has 0 atom stereocenters. The molecule has 4 aromatic rings. The van der Waals surface area contributed by atoms with E-state index in [9.17, 15) is 4.79 Å². The minimum absolute atomic E-state index is 0.209. The summed E-state index contributed by atoms with van der Waals surface area (Å²) in [5.74, 6) is -0.209. The predicted molar refractivity (Wildman–Crippen MR) is 116 cm³/mol. The summed E-state index contributed by atoms with van der Waals surface area (Å²) >= 11 is 12.1. The highest BCUT2D eigenvalue weighted by Gasteiger charge is 2.15. The highest BCUT2D eigenvalue weighted by molar-refractivity contribution is 6.31. The maximum Gasteiger partial charge on any atom is 0.256 e. The van der Waals surface area contributed by atoms with Crippen LogP contribution in [0.3, 0.4) is 0 Å². The number of pyridine rings is 1. The summed E-state index contributed by atoms with van der Waals surface area (Å²) in [6.07, 6.45) is 0. The van der Waals surface area contributed by atoms with Crippen LogP contribution in [0.4, 0.5) is 5.69 Å². The van der Waals surface area contributed by atoms with Crippen LogP contribution in [-0.2, 0) is 0 Å². The highest BCUT2D eigenvalue weighted by atomic mass is 35.5. The highest BCUT2D eigenvalue weighted by Crippen LogP contribution is 2.27. The minimum Gasteiger partial charge on any atom is -0.322 e. The molecule has 28 heavy (non-hydrogen) atoms. The minimum atomic E-state index is -0.209. The molecule has 0 saturated carbocycles. The lowest BCUT2D eigenvalue weighted by atomic mass is 10.0. The Hall–Kier alpha value is -2.88. The molecule has 0 spiro atoms. The maximum absolute atomic E-state index is 13.1. The zero-order valence-electron chi connectivity index (χ0n) is 15.0. The third-order valence-electron chi connectivity index (χ3n) is 4.55. The first-order valence-electron chi connectivity index (χ1n) is 8.74. The zero-order chi connectivity index (χ0) is 19.7. The van der Waals surface area contributed by atoms with Crippen molar-refractivity contribution in [1.29, 1.82) is 0 Å². The quantitative estimate of drug-likeness (QED) is 0.407. The summed E-state index contributed by atoms with van der Waals surface area (Å²) in [5.41, 5.74) is 4.53. The van der Waals surface area contributed by atoms with Gasteiger partial charge in [-0.25, -0.2) is 4.98 Å². The van der Waals surface area contributed by atoms with Crippen molar-refractivity contribution in [2.24, 2.45) is 0 Å².